The number of methoxy groups -OCH3 is 3. The van der Waals surface area contributed by atoms with E-state index >= 15 is 0 Å². The van der Waals surface area contributed by atoms with Crippen molar-refractivity contribution in [2.45, 2.75) is 0 Å². The smallest absolute Gasteiger partial charge is 0.252 e. The number of ether oxygens (including phenoxy) is 3. The maximum absolute atomic E-state index is 12.3. The van der Waals surface area contributed by atoms with Gasteiger partial charge in [-0.25, -0.2) is 0 Å². The van der Waals surface area contributed by atoms with E-state index in [1.165, 1.54) is 21.3 Å². The lowest BCUT2D eigenvalue weighted by Gasteiger charge is -2.13. The summed E-state index contributed by atoms with van der Waals surface area (Å²) in [4.78, 5) is 12.3. The molecule has 0 heterocycles. The first-order valence-corrected chi connectivity index (χ1v) is 7.31. The molecule has 5 nitrogen and oxygen atoms in total. The third-order valence-corrected chi connectivity index (χ3v) is 3.27. The predicted octanol–water partition coefficient (Wildman–Crippen LogP) is 2.49. The Bertz CT molecular complexity index is 735. The molecule has 0 unspecified atom stereocenters. The molecule has 24 heavy (non-hydrogen) atoms. The molecule has 0 radical (unpaired) electrons. The van der Waals surface area contributed by atoms with Crippen LogP contribution in [0, 0.1) is 11.8 Å². The first-order chi connectivity index (χ1) is 11.7. The molecule has 1 N–H and O–H groups in total. The summed E-state index contributed by atoms with van der Waals surface area (Å²) < 4.78 is 15.7. The molecule has 0 bridgehead atoms. The Morgan fingerprint density at radius 3 is 2.17 bits per heavy atom. The molecule has 0 aliphatic rings. The lowest BCUT2D eigenvalue weighted by atomic mass is 10.1. The molecule has 0 atom stereocenters. The number of nitrogens with one attached hydrogen (secondary N) is 1. The Hall–Kier alpha value is -3.13. The van der Waals surface area contributed by atoms with Crippen molar-refractivity contribution in [3.05, 3.63) is 53.6 Å². The fourth-order valence-corrected chi connectivity index (χ4v) is 2.11. The maximum Gasteiger partial charge on any atom is 0.252 e. The molecule has 2 aromatic rings. The zero-order chi connectivity index (χ0) is 17.4. The van der Waals surface area contributed by atoms with Crippen LogP contribution in [0.4, 0.5) is 0 Å². The van der Waals surface area contributed by atoms with Gasteiger partial charge in [0.1, 0.15) is 0 Å². The second-order valence-corrected chi connectivity index (χ2v) is 4.76. The minimum Gasteiger partial charge on any atom is -0.493 e. The number of amides is 1. The van der Waals surface area contributed by atoms with E-state index in [-0.39, 0.29) is 12.5 Å². The van der Waals surface area contributed by atoms with E-state index in [1.54, 1.807) is 12.1 Å². The van der Waals surface area contributed by atoms with Gasteiger partial charge in [0, 0.05) is 11.1 Å². The number of carbonyl (C=O) groups is 1. The Balaban J connectivity index is 2.08. The molecule has 0 saturated heterocycles. The molecular formula is C19H19NO4. The van der Waals surface area contributed by atoms with Gasteiger partial charge in [-0.1, -0.05) is 30.0 Å². The third kappa shape index (κ3) is 4.20. The molecule has 0 fully saturated rings. The van der Waals surface area contributed by atoms with E-state index in [2.05, 4.69) is 17.2 Å². The van der Waals surface area contributed by atoms with E-state index in [0.717, 1.165) is 5.56 Å². The molecule has 2 rings (SSSR count). The normalized spacial score (nSPS) is 9.46. The first-order valence-electron chi connectivity index (χ1n) is 7.31. The number of carbonyl (C=O) groups excluding carboxylic acids is 1. The van der Waals surface area contributed by atoms with Crippen molar-refractivity contribution < 1.29 is 19.0 Å². The maximum atomic E-state index is 12.3. The van der Waals surface area contributed by atoms with Crippen molar-refractivity contribution >= 4 is 5.91 Å². The van der Waals surface area contributed by atoms with Gasteiger partial charge < -0.3 is 19.5 Å². The van der Waals surface area contributed by atoms with Crippen LogP contribution in [0.15, 0.2) is 42.5 Å². The highest BCUT2D eigenvalue weighted by molar-refractivity contribution is 5.95. The molecule has 5 heteroatoms. The first kappa shape index (κ1) is 17.2. The average Bonchev–Trinajstić information content (AvgIpc) is 2.64. The monoisotopic (exact) mass is 325 g/mol. The lowest BCUT2D eigenvalue weighted by Crippen LogP contribution is -2.23. The van der Waals surface area contributed by atoms with Crippen LogP contribution in [0.1, 0.15) is 15.9 Å². The molecule has 0 spiro atoms. The standard InChI is InChI=1S/C19H19NO4/c1-22-16-12-15(13-17(23-2)18(16)24-3)19(21)20-11-7-10-14-8-5-4-6-9-14/h4-6,8-9,12-13H,11H2,1-3H3,(H,20,21). The second kappa shape index (κ2) is 8.49. The zero-order valence-electron chi connectivity index (χ0n) is 13.9. The van der Waals surface area contributed by atoms with Crippen molar-refractivity contribution in [1.82, 2.24) is 5.32 Å². The average molecular weight is 325 g/mol. The Kier molecular flexibility index (Phi) is 6.09. The van der Waals surface area contributed by atoms with Crippen molar-refractivity contribution in [3.63, 3.8) is 0 Å². The van der Waals surface area contributed by atoms with Crippen LogP contribution in [-0.2, 0) is 0 Å². The van der Waals surface area contributed by atoms with Crippen molar-refractivity contribution in [3.8, 4) is 29.1 Å². The summed E-state index contributed by atoms with van der Waals surface area (Å²) in [6.07, 6.45) is 0. The number of benzene rings is 2. The molecule has 0 aliphatic carbocycles. The van der Waals surface area contributed by atoms with Gasteiger partial charge in [-0.05, 0) is 24.3 Å². The molecule has 1 amide bonds. The zero-order valence-corrected chi connectivity index (χ0v) is 13.9. The number of rotatable bonds is 5. The summed E-state index contributed by atoms with van der Waals surface area (Å²) in [6, 6.07) is 12.8. The highest BCUT2D eigenvalue weighted by atomic mass is 16.5. The van der Waals surface area contributed by atoms with Crippen LogP contribution in [0.5, 0.6) is 17.2 Å². The van der Waals surface area contributed by atoms with E-state index < -0.39 is 0 Å². The van der Waals surface area contributed by atoms with Crippen LogP contribution < -0.4 is 19.5 Å². The third-order valence-electron chi connectivity index (χ3n) is 3.27. The summed E-state index contributed by atoms with van der Waals surface area (Å²) in [7, 11) is 4.52. The van der Waals surface area contributed by atoms with Crippen LogP contribution >= 0.6 is 0 Å². The van der Waals surface area contributed by atoms with Gasteiger partial charge >= 0.3 is 0 Å². The van der Waals surface area contributed by atoms with Gasteiger partial charge in [-0.15, -0.1) is 0 Å². The Morgan fingerprint density at radius 1 is 1.00 bits per heavy atom. The topological polar surface area (TPSA) is 56.8 Å². The number of hydrogen-bond acceptors (Lipinski definition) is 4. The van der Waals surface area contributed by atoms with Gasteiger partial charge in [0.05, 0.1) is 27.9 Å². The second-order valence-electron chi connectivity index (χ2n) is 4.76. The molecule has 124 valence electrons. The van der Waals surface area contributed by atoms with E-state index in [0.29, 0.717) is 22.8 Å². The Labute approximate surface area is 141 Å². The summed E-state index contributed by atoms with van der Waals surface area (Å²) in [5, 5.41) is 2.74. The van der Waals surface area contributed by atoms with Crippen molar-refractivity contribution in [1.29, 1.82) is 0 Å². The predicted molar refractivity (Wildman–Crippen MR) is 91.8 cm³/mol. The van der Waals surface area contributed by atoms with Gasteiger partial charge in [0.15, 0.2) is 11.5 Å². The van der Waals surface area contributed by atoms with Crippen LogP contribution in [0.25, 0.3) is 0 Å². The summed E-state index contributed by atoms with van der Waals surface area (Å²) in [5.41, 5.74) is 1.31. The summed E-state index contributed by atoms with van der Waals surface area (Å²) in [6.45, 7) is 0.240. The quantitative estimate of drug-likeness (QED) is 0.858. The van der Waals surface area contributed by atoms with Crippen molar-refractivity contribution in [2.75, 3.05) is 27.9 Å². The van der Waals surface area contributed by atoms with Crippen molar-refractivity contribution in [2.24, 2.45) is 0 Å². The highest BCUT2D eigenvalue weighted by Crippen LogP contribution is 2.38. The molecule has 2 aromatic carbocycles. The van der Waals surface area contributed by atoms with E-state index in [9.17, 15) is 4.79 Å². The van der Waals surface area contributed by atoms with Gasteiger partial charge in [0.2, 0.25) is 5.75 Å². The van der Waals surface area contributed by atoms with Crippen LogP contribution in [-0.4, -0.2) is 33.8 Å². The SMILES string of the molecule is COc1cc(C(=O)NCC#Cc2ccccc2)cc(OC)c1OC. The minimum atomic E-state index is -0.267. The summed E-state index contributed by atoms with van der Waals surface area (Å²) >= 11 is 0. The molecule has 0 aliphatic heterocycles. The molecule has 0 aromatic heterocycles. The number of hydrogen-bond donors (Lipinski definition) is 1. The van der Waals surface area contributed by atoms with Gasteiger partial charge in [-0.3, -0.25) is 4.79 Å². The van der Waals surface area contributed by atoms with Crippen LogP contribution in [0.3, 0.4) is 0 Å². The molecular weight excluding hydrogens is 306 g/mol. The van der Waals surface area contributed by atoms with Gasteiger partial charge in [-0.2, -0.15) is 0 Å². The largest absolute Gasteiger partial charge is 0.493 e. The lowest BCUT2D eigenvalue weighted by molar-refractivity contribution is 0.0958. The van der Waals surface area contributed by atoms with E-state index in [1.807, 2.05) is 30.3 Å². The van der Waals surface area contributed by atoms with Gasteiger partial charge in [0.25, 0.3) is 5.91 Å². The highest BCUT2D eigenvalue weighted by Gasteiger charge is 2.16. The molecule has 0 saturated carbocycles. The minimum absolute atomic E-state index is 0.240. The fourth-order valence-electron chi connectivity index (χ4n) is 2.11. The van der Waals surface area contributed by atoms with Crippen LogP contribution in [0.2, 0.25) is 0 Å². The fraction of sp³-hybridized carbons (Fsp3) is 0.211. The summed E-state index contributed by atoms with van der Waals surface area (Å²) in [5.74, 6) is 6.93. The van der Waals surface area contributed by atoms with E-state index in [4.69, 9.17) is 14.2 Å². The Morgan fingerprint density at radius 2 is 1.62 bits per heavy atom.